The molecule has 5 rings (SSSR count). The summed E-state index contributed by atoms with van der Waals surface area (Å²) in [5.74, 6) is -0.200. The summed E-state index contributed by atoms with van der Waals surface area (Å²) in [7, 11) is -4.39. The molecule has 0 unspecified atom stereocenters. The van der Waals surface area contributed by atoms with Crippen LogP contribution in [0.25, 0.3) is 11.0 Å². The molecule has 3 N–H and O–H groups in total. The van der Waals surface area contributed by atoms with E-state index in [4.69, 9.17) is 14.2 Å². The molecule has 0 saturated carbocycles. The maximum atomic E-state index is 12.6. The maximum Gasteiger partial charge on any atom is 0.348 e. The van der Waals surface area contributed by atoms with E-state index in [-0.39, 0.29) is 11.7 Å². The first-order valence-corrected chi connectivity index (χ1v) is 12.1. The van der Waals surface area contributed by atoms with Crippen LogP contribution in [0.3, 0.4) is 0 Å². The Morgan fingerprint density at radius 3 is 2.65 bits per heavy atom. The van der Waals surface area contributed by atoms with Crippen molar-refractivity contribution in [2.45, 2.75) is 44.2 Å². The first kappa shape index (κ1) is 22.8. The molecular weight excluding hydrogens is 465 g/mol. The van der Waals surface area contributed by atoms with Gasteiger partial charge in [0.05, 0.1) is 11.6 Å². The molecule has 34 heavy (non-hydrogen) atoms. The lowest BCUT2D eigenvalue weighted by Gasteiger charge is -2.23. The molecule has 0 spiro atoms. The zero-order valence-corrected chi connectivity index (χ0v) is 19.1. The predicted molar refractivity (Wildman–Crippen MR) is 119 cm³/mol. The number of aromatic nitrogens is 4. The fourth-order valence-corrected chi connectivity index (χ4v) is 4.47. The van der Waals surface area contributed by atoms with Crippen LogP contribution in [0.15, 0.2) is 54.7 Å². The third-order valence-corrected chi connectivity index (χ3v) is 6.00. The van der Waals surface area contributed by atoms with E-state index >= 15 is 0 Å². The Morgan fingerprint density at radius 1 is 1.18 bits per heavy atom. The Hall–Kier alpha value is -2.99. The topological polar surface area (TPSA) is 158 Å². The number of fused-ring (bicyclic) bond motifs is 2. The number of carbonyl (C=O) groups is 1. The molecule has 4 atom stereocenters. The second-order valence-electron chi connectivity index (χ2n) is 8.36. The van der Waals surface area contributed by atoms with Crippen LogP contribution in [0.5, 0.6) is 0 Å². The lowest BCUT2D eigenvalue weighted by atomic mass is 10.1. The number of rotatable bonds is 5. The summed E-state index contributed by atoms with van der Waals surface area (Å²) in [6.45, 7) is 3.49. The summed E-state index contributed by atoms with van der Waals surface area (Å²) in [6, 6.07) is 8.72. The molecule has 178 valence electrons. The van der Waals surface area contributed by atoms with Crippen LogP contribution in [-0.4, -0.2) is 59.5 Å². The molecule has 1 amide bonds. The molecule has 2 saturated heterocycles. The zero-order valence-electron chi connectivity index (χ0n) is 18.2. The quantitative estimate of drug-likeness (QED) is 0.456. The molecule has 2 fully saturated rings. The summed E-state index contributed by atoms with van der Waals surface area (Å²) < 4.78 is 30.8. The minimum absolute atomic E-state index is 0.279. The van der Waals surface area contributed by atoms with Crippen molar-refractivity contribution in [2.75, 3.05) is 5.32 Å². The molecule has 2 aromatic heterocycles. The average Bonchev–Trinajstić information content (AvgIpc) is 3.43. The van der Waals surface area contributed by atoms with E-state index in [0.717, 1.165) is 5.82 Å². The van der Waals surface area contributed by atoms with Gasteiger partial charge in [0.2, 0.25) is 0 Å². The standard InChI is InChI=1S/C21H22N5O7P/c1-21(2)32-15-14(8-9-34(28,29)30)31-20(16(15)33-21)26-18-13(10-24-26)17(22-11-23-18)25-19(27)12-6-4-3-5-7-12/h3-11,14-16,20H,1-2H3,(H2,28,29,30)(H,22,23,25,27)/t14-,15-,16-,20-/m1/s1. The molecule has 0 radical (unpaired) electrons. The lowest BCUT2D eigenvalue weighted by molar-refractivity contribution is -0.192. The van der Waals surface area contributed by atoms with Gasteiger partial charge in [0.25, 0.3) is 5.91 Å². The molecule has 0 bridgehead atoms. The van der Waals surface area contributed by atoms with E-state index < -0.39 is 37.9 Å². The van der Waals surface area contributed by atoms with Crippen LogP contribution in [0.2, 0.25) is 0 Å². The van der Waals surface area contributed by atoms with Gasteiger partial charge >= 0.3 is 7.60 Å². The molecule has 3 aromatic rings. The van der Waals surface area contributed by atoms with E-state index in [2.05, 4.69) is 20.4 Å². The van der Waals surface area contributed by atoms with E-state index in [1.165, 1.54) is 23.3 Å². The van der Waals surface area contributed by atoms with Gasteiger partial charge in [-0.25, -0.2) is 14.6 Å². The smallest absolute Gasteiger partial charge is 0.343 e. The van der Waals surface area contributed by atoms with Crippen molar-refractivity contribution in [2.24, 2.45) is 0 Å². The minimum Gasteiger partial charge on any atom is -0.343 e. The SMILES string of the molecule is CC1(C)O[C@@H]2[C@H](O1)[C@@H](C=CP(=O)(O)O)O[C@H]2n1ncc2c(NC(=O)c3ccccc3)ncnc21. The molecule has 2 aliphatic rings. The van der Waals surface area contributed by atoms with Crippen LogP contribution < -0.4 is 5.32 Å². The van der Waals surface area contributed by atoms with Crippen molar-refractivity contribution in [3.8, 4) is 0 Å². The van der Waals surface area contributed by atoms with Crippen molar-refractivity contribution in [1.29, 1.82) is 0 Å². The van der Waals surface area contributed by atoms with Crippen molar-refractivity contribution in [3.05, 3.63) is 60.3 Å². The van der Waals surface area contributed by atoms with E-state index in [1.54, 1.807) is 38.1 Å². The maximum absolute atomic E-state index is 12.6. The molecule has 2 aliphatic heterocycles. The predicted octanol–water partition coefficient (Wildman–Crippen LogP) is 2.19. The van der Waals surface area contributed by atoms with Gasteiger partial charge in [-0.2, -0.15) is 5.10 Å². The summed E-state index contributed by atoms with van der Waals surface area (Å²) in [4.78, 5) is 39.5. The van der Waals surface area contributed by atoms with Crippen LogP contribution in [0.1, 0.15) is 30.4 Å². The Morgan fingerprint density at radius 2 is 1.91 bits per heavy atom. The molecule has 4 heterocycles. The Kier molecular flexibility index (Phi) is 5.59. The van der Waals surface area contributed by atoms with Crippen LogP contribution in [-0.2, 0) is 18.8 Å². The van der Waals surface area contributed by atoms with Gasteiger partial charge in [-0.05, 0) is 32.1 Å². The number of amides is 1. The Labute approximate surface area is 193 Å². The van der Waals surface area contributed by atoms with Crippen molar-refractivity contribution in [1.82, 2.24) is 19.7 Å². The van der Waals surface area contributed by atoms with Gasteiger partial charge in [-0.1, -0.05) is 18.2 Å². The van der Waals surface area contributed by atoms with Crippen molar-refractivity contribution < 1.29 is 33.4 Å². The van der Waals surface area contributed by atoms with Gasteiger partial charge in [0, 0.05) is 11.4 Å². The number of carbonyl (C=O) groups excluding carboxylic acids is 1. The summed E-state index contributed by atoms with van der Waals surface area (Å²) in [5, 5.41) is 7.65. The zero-order chi connectivity index (χ0) is 24.1. The number of nitrogens with zero attached hydrogens (tertiary/aromatic N) is 4. The molecule has 1 aromatic carbocycles. The highest BCUT2D eigenvalue weighted by atomic mass is 31.2. The number of nitrogens with one attached hydrogen (secondary N) is 1. The number of hydrogen-bond acceptors (Lipinski definition) is 8. The van der Waals surface area contributed by atoms with E-state index in [0.29, 0.717) is 16.6 Å². The van der Waals surface area contributed by atoms with Crippen molar-refractivity contribution in [3.63, 3.8) is 0 Å². The normalized spacial score (nSPS) is 26.2. The molecule has 0 aliphatic carbocycles. The van der Waals surface area contributed by atoms with E-state index in [1.807, 2.05) is 6.07 Å². The fourth-order valence-electron chi connectivity index (χ4n) is 4.07. The first-order chi connectivity index (χ1) is 16.1. The Balaban J connectivity index is 1.47. The highest BCUT2D eigenvalue weighted by Gasteiger charge is 2.56. The van der Waals surface area contributed by atoms with Crippen LogP contribution in [0, 0.1) is 0 Å². The van der Waals surface area contributed by atoms with Gasteiger partial charge < -0.3 is 29.3 Å². The second-order valence-corrected chi connectivity index (χ2v) is 9.83. The first-order valence-electron chi connectivity index (χ1n) is 10.4. The fraction of sp³-hybridized carbons (Fsp3) is 0.333. The van der Waals surface area contributed by atoms with Crippen LogP contribution in [0.4, 0.5) is 5.82 Å². The summed E-state index contributed by atoms with van der Waals surface area (Å²) in [5.41, 5.74) is 0.858. The monoisotopic (exact) mass is 487 g/mol. The summed E-state index contributed by atoms with van der Waals surface area (Å²) in [6.07, 6.45) is 1.24. The number of benzene rings is 1. The van der Waals surface area contributed by atoms with Gasteiger partial charge in [0.15, 0.2) is 17.7 Å². The van der Waals surface area contributed by atoms with Crippen molar-refractivity contribution >= 4 is 30.4 Å². The lowest BCUT2D eigenvalue weighted by Crippen LogP contribution is -2.28. The van der Waals surface area contributed by atoms with Gasteiger partial charge in [0.1, 0.15) is 30.5 Å². The number of anilines is 1. The third kappa shape index (κ3) is 4.39. The molecular formula is C21H22N5O7P. The van der Waals surface area contributed by atoms with Crippen LogP contribution >= 0.6 is 7.60 Å². The largest absolute Gasteiger partial charge is 0.348 e. The van der Waals surface area contributed by atoms with Gasteiger partial charge in [-0.3, -0.25) is 9.36 Å². The average molecular weight is 487 g/mol. The number of hydrogen-bond donors (Lipinski definition) is 3. The van der Waals surface area contributed by atoms with E-state index in [9.17, 15) is 19.1 Å². The number of ether oxygens (including phenoxy) is 3. The molecule has 12 nitrogen and oxygen atoms in total. The summed E-state index contributed by atoms with van der Waals surface area (Å²) >= 11 is 0. The second kappa shape index (κ2) is 8.35. The highest BCUT2D eigenvalue weighted by Crippen LogP contribution is 2.45. The Bertz CT molecular complexity index is 1310. The minimum atomic E-state index is -4.39. The highest BCUT2D eigenvalue weighted by molar-refractivity contribution is 7.55. The van der Waals surface area contributed by atoms with Gasteiger partial charge in [-0.15, -0.1) is 0 Å². The molecule has 13 heteroatoms. The third-order valence-electron chi connectivity index (χ3n) is 5.44.